The predicted octanol–water partition coefficient (Wildman–Crippen LogP) is -0.286. The molecule has 0 saturated heterocycles. The first-order valence-corrected chi connectivity index (χ1v) is 4.85. The number of ether oxygens (including phenoxy) is 1. The Morgan fingerprint density at radius 3 is 3.07 bits per heavy atom. The van der Waals surface area contributed by atoms with Gasteiger partial charge in [0, 0.05) is 13.2 Å². The zero-order valence-corrected chi connectivity index (χ0v) is 8.23. The number of nitrogens with one attached hydrogen (secondary N) is 2. The number of rotatable bonds is 6. The van der Waals surface area contributed by atoms with E-state index in [0.717, 1.165) is 12.5 Å². The van der Waals surface area contributed by atoms with E-state index < -0.39 is 0 Å². The Labute approximate surface area is 82.4 Å². The van der Waals surface area contributed by atoms with Crippen LogP contribution >= 0.6 is 0 Å². The standard InChI is InChI=1S/C8H15N5O/c1-14-5-7(6-2-3-6)9-4-8-10-12-13-11-8/h6-7,9H,2-5H2,1H3,(H,10,11,12,13). The molecule has 1 aromatic heterocycles. The van der Waals surface area contributed by atoms with Gasteiger partial charge >= 0.3 is 0 Å². The molecule has 2 N–H and O–H groups in total. The maximum Gasteiger partial charge on any atom is 0.188 e. The third-order valence-corrected chi connectivity index (χ3v) is 2.45. The highest BCUT2D eigenvalue weighted by atomic mass is 16.5. The molecule has 0 aliphatic heterocycles. The number of aromatic nitrogens is 4. The normalized spacial score (nSPS) is 18.4. The van der Waals surface area contributed by atoms with E-state index in [-0.39, 0.29) is 0 Å². The van der Waals surface area contributed by atoms with Crippen LogP contribution in [0, 0.1) is 5.92 Å². The van der Waals surface area contributed by atoms with Crippen LogP contribution in [-0.4, -0.2) is 40.4 Å². The second kappa shape index (κ2) is 4.47. The van der Waals surface area contributed by atoms with E-state index in [1.165, 1.54) is 12.8 Å². The Kier molecular flexibility index (Phi) is 3.05. The molecule has 1 atom stereocenters. The summed E-state index contributed by atoms with van der Waals surface area (Å²) in [5.74, 6) is 1.47. The van der Waals surface area contributed by atoms with E-state index in [2.05, 4.69) is 25.9 Å². The highest BCUT2D eigenvalue weighted by Crippen LogP contribution is 2.32. The number of aromatic amines is 1. The summed E-state index contributed by atoms with van der Waals surface area (Å²) in [6, 6.07) is 0.429. The summed E-state index contributed by atoms with van der Waals surface area (Å²) in [5, 5.41) is 17.1. The number of methoxy groups -OCH3 is 1. The van der Waals surface area contributed by atoms with Crippen molar-refractivity contribution >= 4 is 0 Å². The minimum Gasteiger partial charge on any atom is -0.383 e. The van der Waals surface area contributed by atoms with Gasteiger partial charge in [-0.3, -0.25) is 0 Å². The lowest BCUT2D eigenvalue weighted by Gasteiger charge is -2.15. The maximum absolute atomic E-state index is 5.15. The maximum atomic E-state index is 5.15. The first-order valence-electron chi connectivity index (χ1n) is 4.85. The van der Waals surface area contributed by atoms with Gasteiger partial charge in [0.2, 0.25) is 0 Å². The molecule has 0 radical (unpaired) electrons. The van der Waals surface area contributed by atoms with Crippen molar-refractivity contribution in [2.24, 2.45) is 5.92 Å². The van der Waals surface area contributed by atoms with Crippen LogP contribution in [0.4, 0.5) is 0 Å². The van der Waals surface area contributed by atoms with Crippen molar-refractivity contribution in [2.75, 3.05) is 13.7 Å². The van der Waals surface area contributed by atoms with E-state index in [1.807, 2.05) is 0 Å². The van der Waals surface area contributed by atoms with Gasteiger partial charge in [0.15, 0.2) is 5.82 Å². The summed E-state index contributed by atoms with van der Waals surface area (Å²) in [6.45, 7) is 1.41. The first-order chi connectivity index (χ1) is 6.90. The van der Waals surface area contributed by atoms with E-state index in [4.69, 9.17) is 4.74 Å². The van der Waals surface area contributed by atoms with Gasteiger partial charge in [-0.05, 0) is 18.8 Å². The van der Waals surface area contributed by atoms with Crippen molar-refractivity contribution in [3.8, 4) is 0 Å². The molecule has 1 aromatic rings. The summed E-state index contributed by atoms with van der Waals surface area (Å²) >= 11 is 0. The lowest BCUT2D eigenvalue weighted by Crippen LogP contribution is -2.35. The molecule has 14 heavy (non-hydrogen) atoms. The molecule has 1 unspecified atom stereocenters. The zero-order valence-electron chi connectivity index (χ0n) is 8.23. The molecule has 1 fully saturated rings. The topological polar surface area (TPSA) is 75.7 Å². The van der Waals surface area contributed by atoms with Crippen LogP contribution in [0.15, 0.2) is 0 Å². The van der Waals surface area contributed by atoms with Crippen LogP contribution in [0.25, 0.3) is 0 Å². The SMILES string of the molecule is COCC(NCc1nn[nH]n1)C1CC1. The molecule has 78 valence electrons. The quantitative estimate of drug-likeness (QED) is 0.655. The lowest BCUT2D eigenvalue weighted by molar-refractivity contribution is 0.156. The Bertz CT molecular complexity index is 259. The zero-order chi connectivity index (χ0) is 9.80. The summed E-state index contributed by atoms with van der Waals surface area (Å²) < 4.78 is 5.15. The molecular formula is C8H15N5O. The highest BCUT2D eigenvalue weighted by Gasteiger charge is 2.30. The van der Waals surface area contributed by atoms with Gasteiger partial charge in [-0.15, -0.1) is 10.2 Å². The van der Waals surface area contributed by atoms with E-state index >= 15 is 0 Å². The molecule has 0 bridgehead atoms. The van der Waals surface area contributed by atoms with E-state index in [9.17, 15) is 0 Å². The van der Waals surface area contributed by atoms with Crippen molar-refractivity contribution in [2.45, 2.75) is 25.4 Å². The molecule has 2 rings (SSSR count). The van der Waals surface area contributed by atoms with Crippen LogP contribution in [0.2, 0.25) is 0 Å². The number of hydrogen-bond donors (Lipinski definition) is 2. The second-order valence-electron chi connectivity index (χ2n) is 3.61. The van der Waals surface area contributed by atoms with Gasteiger partial charge < -0.3 is 10.1 Å². The van der Waals surface area contributed by atoms with Crippen LogP contribution < -0.4 is 5.32 Å². The number of tetrazole rings is 1. The molecule has 6 nitrogen and oxygen atoms in total. The third-order valence-electron chi connectivity index (χ3n) is 2.45. The fourth-order valence-electron chi connectivity index (χ4n) is 1.52. The van der Waals surface area contributed by atoms with Gasteiger partial charge in [-0.1, -0.05) is 5.21 Å². The average molecular weight is 197 g/mol. The van der Waals surface area contributed by atoms with Gasteiger partial charge in [0.1, 0.15) is 0 Å². The van der Waals surface area contributed by atoms with Gasteiger partial charge in [0.25, 0.3) is 0 Å². The van der Waals surface area contributed by atoms with Crippen molar-refractivity contribution in [3.05, 3.63) is 5.82 Å². The summed E-state index contributed by atoms with van der Waals surface area (Å²) in [5.41, 5.74) is 0. The highest BCUT2D eigenvalue weighted by molar-refractivity contribution is 4.88. The number of hydrogen-bond acceptors (Lipinski definition) is 5. The number of H-pyrrole nitrogens is 1. The molecule has 0 aromatic carbocycles. The lowest BCUT2D eigenvalue weighted by atomic mass is 10.2. The summed E-state index contributed by atoms with van der Waals surface area (Å²) in [4.78, 5) is 0. The molecule has 1 heterocycles. The molecule has 1 aliphatic carbocycles. The summed E-state index contributed by atoms with van der Waals surface area (Å²) in [6.07, 6.45) is 2.60. The minimum atomic E-state index is 0.429. The fraction of sp³-hybridized carbons (Fsp3) is 0.875. The van der Waals surface area contributed by atoms with Crippen molar-refractivity contribution in [1.82, 2.24) is 25.9 Å². The van der Waals surface area contributed by atoms with E-state index in [0.29, 0.717) is 18.4 Å². The van der Waals surface area contributed by atoms with Crippen molar-refractivity contribution < 1.29 is 4.74 Å². The predicted molar refractivity (Wildman–Crippen MR) is 49.4 cm³/mol. The van der Waals surface area contributed by atoms with Crippen LogP contribution in [-0.2, 0) is 11.3 Å². The molecule has 1 aliphatic rings. The van der Waals surface area contributed by atoms with Crippen molar-refractivity contribution in [3.63, 3.8) is 0 Å². The first kappa shape index (κ1) is 9.54. The van der Waals surface area contributed by atoms with Crippen LogP contribution in [0.3, 0.4) is 0 Å². The smallest absolute Gasteiger partial charge is 0.188 e. The van der Waals surface area contributed by atoms with E-state index in [1.54, 1.807) is 7.11 Å². The minimum absolute atomic E-state index is 0.429. The Balaban J connectivity index is 1.76. The average Bonchev–Trinajstić information content (AvgIpc) is 2.90. The van der Waals surface area contributed by atoms with Crippen LogP contribution in [0.1, 0.15) is 18.7 Å². The van der Waals surface area contributed by atoms with Gasteiger partial charge in [-0.2, -0.15) is 5.21 Å². The Morgan fingerprint density at radius 2 is 2.50 bits per heavy atom. The summed E-state index contributed by atoms with van der Waals surface area (Å²) in [7, 11) is 1.73. The second-order valence-corrected chi connectivity index (χ2v) is 3.61. The molecular weight excluding hydrogens is 182 g/mol. The number of nitrogens with zero attached hydrogens (tertiary/aromatic N) is 3. The molecule has 0 spiro atoms. The Morgan fingerprint density at radius 1 is 1.64 bits per heavy atom. The Hall–Kier alpha value is -1.01. The van der Waals surface area contributed by atoms with Gasteiger partial charge in [-0.25, -0.2) is 0 Å². The monoisotopic (exact) mass is 197 g/mol. The molecule has 0 amide bonds. The third kappa shape index (κ3) is 2.49. The largest absolute Gasteiger partial charge is 0.383 e. The molecule has 6 heteroatoms. The van der Waals surface area contributed by atoms with Gasteiger partial charge in [0.05, 0.1) is 13.2 Å². The van der Waals surface area contributed by atoms with Crippen molar-refractivity contribution in [1.29, 1.82) is 0 Å². The molecule has 1 saturated carbocycles. The fourth-order valence-corrected chi connectivity index (χ4v) is 1.52. The van der Waals surface area contributed by atoms with Crippen LogP contribution in [0.5, 0.6) is 0 Å².